The molecule has 0 unspecified atom stereocenters. The number of benzene rings is 3. The number of halogens is 3. The van der Waals surface area contributed by atoms with E-state index in [0.717, 1.165) is 24.9 Å². The molecular formula is C30H29ClF2N2O3. The van der Waals surface area contributed by atoms with Gasteiger partial charge in [0.2, 0.25) is 0 Å². The summed E-state index contributed by atoms with van der Waals surface area (Å²) in [5.41, 5.74) is 1.66. The molecule has 0 spiro atoms. The molecule has 1 fully saturated rings. The molecule has 3 aromatic carbocycles. The maximum absolute atomic E-state index is 16.4. The maximum Gasteiger partial charge on any atom is 0.251 e. The molecule has 0 bridgehead atoms. The summed E-state index contributed by atoms with van der Waals surface area (Å²) < 4.78 is 38.5. The molecule has 0 aromatic heterocycles. The molecular weight excluding hydrogens is 510 g/mol. The van der Waals surface area contributed by atoms with Crippen molar-refractivity contribution in [1.29, 1.82) is 0 Å². The molecule has 1 amide bonds. The number of fused-ring (bicyclic) bond motifs is 2. The fraction of sp³-hybridized carbons (Fsp3) is 0.367. The molecule has 0 saturated carbocycles. The third-order valence-electron chi connectivity index (χ3n) is 8.51. The van der Waals surface area contributed by atoms with Crippen LogP contribution in [-0.2, 0) is 18.4 Å². The largest absolute Gasteiger partial charge is 0.480 e. The number of aliphatic hydroxyl groups excluding tert-OH is 1. The van der Waals surface area contributed by atoms with E-state index in [-0.39, 0.29) is 45.8 Å². The number of hydrogen-bond acceptors (Lipinski definition) is 4. The molecule has 2 heterocycles. The smallest absolute Gasteiger partial charge is 0.251 e. The van der Waals surface area contributed by atoms with Gasteiger partial charge in [0.25, 0.3) is 5.91 Å². The van der Waals surface area contributed by atoms with Gasteiger partial charge in [-0.2, -0.15) is 0 Å². The second-order valence-corrected chi connectivity index (χ2v) is 10.9. The van der Waals surface area contributed by atoms with Gasteiger partial charge >= 0.3 is 0 Å². The van der Waals surface area contributed by atoms with Gasteiger partial charge < -0.3 is 20.5 Å². The number of carbonyl (C=O) groups excluding carboxylic acids is 1. The van der Waals surface area contributed by atoms with E-state index in [0.29, 0.717) is 23.1 Å². The molecule has 5 nitrogen and oxygen atoms in total. The zero-order valence-corrected chi connectivity index (χ0v) is 22.0. The van der Waals surface area contributed by atoms with Gasteiger partial charge in [0.1, 0.15) is 17.4 Å². The summed E-state index contributed by atoms with van der Waals surface area (Å²) in [4.78, 5) is 13.1. The number of rotatable bonds is 4. The van der Waals surface area contributed by atoms with Crippen LogP contribution in [-0.4, -0.2) is 36.8 Å². The SMILES string of the molecule is CNC(=O)c1cc2c(c(F)c1-c1c(Cl)c(F)cc3c1C[C@](c1ccccc1)([C@@H]1CCCN1)O3)C[C@@H](O)[C@@H]2C. The Kier molecular flexibility index (Phi) is 6.21. The average Bonchev–Trinajstić information content (AvgIpc) is 3.65. The van der Waals surface area contributed by atoms with Gasteiger partial charge in [0.15, 0.2) is 5.60 Å². The molecule has 198 valence electrons. The number of nitrogens with one attached hydrogen (secondary N) is 2. The number of carbonyl (C=O) groups is 1. The van der Waals surface area contributed by atoms with Crippen LogP contribution >= 0.6 is 11.6 Å². The topological polar surface area (TPSA) is 70.6 Å². The Hall–Kier alpha value is -3.00. The van der Waals surface area contributed by atoms with Crippen LogP contribution in [0.15, 0.2) is 42.5 Å². The first kappa shape index (κ1) is 25.3. The van der Waals surface area contributed by atoms with Gasteiger partial charge in [0.05, 0.1) is 22.7 Å². The molecule has 3 aromatic rings. The van der Waals surface area contributed by atoms with E-state index < -0.39 is 29.2 Å². The quantitative estimate of drug-likeness (QED) is 0.424. The predicted octanol–water partition coefficient (Wildman–Crippen LogP) is 5.25. The molecule has 1 saturated heterocycles. The lowest BCUT2D eigenvalue weighted by atomic mass is 9.80. The maximum atomic E-state index is 16.4. The highest BCUT2D eigenvalue weighted by molar-refractivity contribution is 6.34. The average molecular weight is 539 g/mol. The van der Waals surface area contributed by atoms with Crippen LogP contribution in [0.4, 0.5) is 8.78 Å². The van der Waals surface area contributed by atoms with Crippen molar-refractivity contribution in [2.45, 2.75) is 56.3 Å². The van der Waals surface area contributed by atoms with Crippen LogP contribution < -0.4 is 15.4 Å². The molecule has 38 heavy (non-hydrogen) atoms. The second-order valence-electron chi connectivity index (χ2n) is 10.5. The minimum Gasteiger partial charge on any atom is -0.480 e. The van der Waals surface area contributed by atoms with E-state index in [9.17, 15) is 9.90 Å². The Morgan fingerprint density at radius 2 is 1.95 bits per heavy atom. The first-order valence-corrected chi connectivity index (χ1v) is 13.4. The molecule has 2 aliphatic heterocycles. The van der Waals surface area contributed by atoms with Crippen LogP contribution in [0.25, 0.3) is 11.1 Å². The van der Waals surface area contributed by atoms with Crippen molar-refractivity contribution in [3.63, 3.8) is 0 Å². The number of aliphatic hydroxyl groups is 1. The van der Waals surface area contributed by atoms with Crippen molar-refractivity contribution in [3.05, 3.63) is 86.9 Å². The molecule has 3 aliphatic rings. The van der Waals surface area contributed by atoms with Gasteiger partial charge in [0, 0.05) is 48.6 Å². The van der Waals surface area contributed by atoms with Crippen molar-refractivity contribution in [2.24, 2.45) is 0 Å². The van der Waals surface area contributed by atoms with Crippen molar-refractivity contribution >= 4 is 17.5 Å². The van der Waals surface area contributed by atoms with Gasteiger partial charge in [-0.1, -0.05) is 48.9 Å². The van der Waals surface area contributed by atoms with E-state index in [2.05, 4.69) is 10.6 Å². The van der Waals surface area contributed by atoms with Gasteiger partial charge in [-0.25, -0.2) is 8.78 Å². The number of hydrogen-bond donors (Lipinski definition) is 3. The summed E-state index contributed by atoms with van der Waals surface area (Å²) in [7, 11) is 1.46. The van der Waals surface area contributed by atoms with E-state index in [1.54, 1.807) is 13.0 Å². The van der Waals surface area contributed by atoms with Gasteiger partial charge in [-0.3, -0.25) is 4.79 Å². The van der Waals surface area contributed by atoms with Crippen LogP contribution in [0.3, 0.4) is 0 Å². The Morgan fingerprint density at radius 3 is 2.63 bits per heavy atom. The Morgan fingerprint density at radius 1 is 1.18 bits per heavy atom. The molecule has 3 N–H and O–H groups in total. The second kappa shape index (κ2) is 9.33. The third kappa shape index (κ3) is 3.67. The van der Waals surface area contributed by atoms with Gasteiger partial charge in [-0.15, -0.1) is 0 Å². The monoisotopic (exact) mass is 538 g/mol. The van der Waals surface area contributed by atoms with Crippen molar-refractivity contribution in [2.75, 3.05) is 13.6 Å². The van der Waals surface area contributed by atoms with Crippen LogP contribution in [0.1, 0.15) is 58.3 Å². The summed E-state index contributed by atoms with van der Waals surface area (Å²) in [5.74, 6) is -1.98. The Labute approximate surface area is 225 Å². The predicted molar refractivity (Wildman–Crippen MR) is 142 cm³/mol. The van der Waals surface area contributed by atoms with E-state index >= 15 is 8.78 Å². The van der Waals surface area contributed by atoms with Crippen molar-refractivity contribution in [3.8, 4) is 16.9 Å². The lowest BCUT2D eigenvalue weighted by molar-refractivity contribution is 0.0539. The van der Waals surface area contributed by atoms with Crippen molar-refractivity contribution < 1.29 is 23.4 Å². The lowest BCUT2D eigenvalue weighted by Crippen LogP contribution is -2.48. The molecule has 1 aliphatic carbocycles. The fourth-order valence-corrected chi connectivity index (χ4v) is 6.76. The third-order valence-corrected chi connectivity index (χ3v) is 8.88. The van der Waals surface area contributed by atoms with Crippen LogP contribution in [0, 0.1) is 11.6 Å². The zero-order chi connectivity index (χ0) is 26.8. The van der Waals surface area contributed by atoms with Crippen LogP contribution in [0.2, 0.25) is 5.02 Å². The van der Waals surface area contributed by atoms with Crippen LogP contribution in [0.5, 0.6) is 5.75 Å². The lowest BCUT2D eigenvalue weighted by Gasteiger charge is -2.35. The summed E-state index contributed by atoms with van der Waals surface area (Å²) in [6.45, 7) is 2.63. The minimum atomic E-state index is -0.850. The standard InChI is InChI=1S/C30H29ClF2N2O3/c1-15-17-11-19(29(37)34-2)26(28(33)18(17)12-22(15)36)25-20-14-30(24-9-6-10-35-24,16-7-4-3-5-8-16)38-23(20)13-21(32)27(25)31/h3-5,7-8,11,13,15,22,24,35-36H,6,9-10,12,14H2,1-2H3,(H,34,37)/t15-,22-,24+,30+/m1/s1. The summed E-state index contributed by atoms with van der Waals surface area (Å²) in [6.07, 6.45) is 1.49. The highest BCUT2D eigenvalue weighted by Gasteiger charge is 2.50. The Balaban J connectivity index is 1.61. The van der Waals surface area contributed by atoms with Gasteiger partial charge in [-0.05, 0) is 42.1 Å². The zero-order valence-electron chi connectivity index (χ0n) is 21.2. The molecule has 6 rings (SSSR count). The normalized spacial score (nSPS) is 25.7. The number of ether oxygens (including phenoxy) is 1. The highest BCUT2D eigenvalue weighted by Crippen LogP contribution is 2.53. The fourth-order valence-electron chi connectivity index (χ4n) is 6.50. The molecule has 8 heteroatoms. The Bertz CT molecular complexity index is 1440. The van der Waals surface area contributed by atoms with Crippen molar-refractivity contribution in [1.82, 2.24) is 10.6 Å². The summed E-state index contributed by atoms with van der Waals surface area (Å²) in [6, 6.07) is 12.6. The summed E-state index contributed by atoms with van der Waals surface area (Å²) in [5, 5.41) is 16.3. The van der Waals surface area contributed by atoms with E-state index in [1.807, 2.05) is 30.3 Å². The highest BCUT2D eigenvalue weighted by atomic mass is 35.5. The first-order valence-electron chi connectivity index (χ1n) is 13.0. The minimum absolute atomic E-state index is 0.0498. The van der Waals surface area contributed by atoms with E-state index in [4.69, 9.17) is 16.3 Å². The first-order chi connectivity index (χ1) is 18.3. The summed E-state index contributed by atoms with van der Waals surface area (Å²) >= 11 is 6.62. The molecule has 4 atom stereocenters. The molecule has 0 radical (unpaired) electrons. The van der Waals surface area contributed by atoms with E-state index in [1.165, 1.54) is 13.1 Å². The number of amides is 1.